The van der Waals surface area contributed by atoms with Gasteiger partial charge in [-0.05, 0) is 32.0 Å². The molecule has 0 fully saturated rings. The maximum absolute atomic E-state index is 13.1. The third-order valence-electron chi connectivity index (χ3n) is 2.29. The molecule has 0 spiro atoms. The number of anilines is 3. The van der Waals surface area contributed by atoms with Crippen molar-refractivity contribution in [1.82, 2.24) is 9.97 Å². The molecule has 2 aromatic rings. The van der Waals surface area contributed by atoms with Crippen LogP contribution in [0.5, 0.6) is 0 Å². The summed E-state index contributed by atoms with van der Waals surface area (Å²) in [5.74, 6) is 0.929. The summed E-state index contributed by atoms with van der Waals surface area (Å²) < 4.78 is 13.1. The predicted molar refractivity (Wildman–Crippen MR) is 70.6 cm³/mol. The Kier molecular flexibility index (Phi) is 3.72. The molecule has 1 heterocycles. The lowest BCUT2D eigenvalue weighted by atomic mass is 10.3. The van der Waals surface area contributed by atoms with Crippen LogP contribution in [0.15, 0.2) is 30.3 Å². The van der Waals surface area contributed by atoms with Crippen molar-refractivity contribution in [3.05, 3.63) is 41.8 Å². The second-order valence-corrected chi connectivity index (χ2v) is 3.88. The van der Waals surface area contributed by atoms with Gasteiger partial charge in [-0.2, -0.15) is 4.98 Å². The van der Waals surface area contributed by atoms with E-state index in [-0.39, 0.29) is 5.82 Å². The molecule has 5 heteroatoms. The summed E-state index contributed by atoms with van der Waals surface area (Å²) in [5.41, 5.74) is 1.51. The van der Waals surface area contributed by atoms with Crippen molar-refractivity contribution in [3.63, 3.8) is 0 Å². The molecule has 0 saturated heterocycles. The van der Waals surface area contributed by atoms with E-state index in [4.69, 9.17) is 0 Å². The van der Waals surface area contributed by atoms with E-state index in [9.17, 15) is 4.39 Å². The zero-order valence-corrected chi connectivity index (χ0v) is 10.4. The Bertz CT molecular complexity index is 542. The largest absolute Gasteiger partial charge is 0.354 e. The van der Waals surface area contributed by atoms with Crippen LogP contribution >= 0.6 is 0 Å². The number of benzene rings is 1. The fourth-order valence-electron chi connectivity index (χ4n) is 1.58. The number of aryl methyl sites for hydroxylation is 1. The van der Waals surface area contributed by atoms with E-state index in [2.05, 4.69) is 20.6 Å². The highest BCUT2D eigenvalue weighted by molar-refractivity contribution is 5.57. The first-order valence-electron chi connectivity index (χ1n) is 5.79. The highest BCUT2D eigenvalue weighted by Gasteiger charge is 2.02. The Balaban J connectivity index is 2.23. The van der Waals surface area contributed by atoms with Gasteiger partial charge in [-0.3, -0.25) is 0 Å². The second-order valence-electron chi connectivity index (χ2n) is 3.88. The van der Waals surface area contributed by atoms with Gasteiger partial charge in [-0.25, -0.2) is 9.37 Å². The van der Waals surface area contributed by atoms with Gasteiger partial charge >= 0.3 is 0 Å². The summed E-state index contributed by atoms with van der Waals surface area (Å²) in [6.07, 6.45) is 0. The Hall–Kier alpha value is -2.17. The van der Waals surface area contributed by atoms with E-state index in [1.807, 2.05) is 19.9 Å². The van der Waals surface area contributed by atoms with E-state index in [0.717, 1.165) is 12.2 Å². The van der Waals surface area contributed by atoms with Gasteiger partial charge in [-0.1, -0.05) is 6.07 Å². The van der Waals surface area contributed by atoms with E-state index < -0.39 is 0 Å². The van der Waals surface area contributed by atoms with Crippen LogP contribution in [0.1, 0.15) is 12.6 Å². The smallest absolute Gasteiger partial charge is 0.224 e. The molecular weight excluding hydrogens is 231 g/mol. The number of halogens is 1. The first kappa shape index (κ1) is 12.3. The molecule has 0 amide bonds. The highest BCUT2D eigenvalue weighted by Crippen LogP contribution is 2.17. The van der Waals surface area contributed by atoms with Crippen molar-refractivity contribution < 1.29 is 4.39 Å². The van der Waals surface area contributed by atoms with E-state index in [1.165, 1.54) is 12.1 Å². The molecule has 0 aliphatic heterocycles. The quantitative estimate of drug-likeness (QED) is 0.870. The van der Waals surface area contributed by atoms with Gasteiger partial charge in [0.05, 0.1) is 0 Å². The molecular formula is C13H15FN4. The predicted octanol–water partition coefficient (Wildman–Crippen LogP) is 3.10. The third-order valence-corrected chi connectivity index (χ3v) is 2.29. The molecule has 0 bridgehead atoms. The first-order chi connectivity index (χ1) is 8.67. The summed E-state index contributed by atoms with van der Waals surface area (Å²) in [6, 6.07) is 8.07. The molecule has 0 radical (unpaired) electrons. The molecule has 18 heavy (non-hydrogen) atoms. The maximum atomic E-state index is 13.1. The minimum atomic E-state index is -0.280. The lowest BCUT2D eigenvalue weighted by molar-refractivity contribution is 0.628. The van der Waals surface area contributed by atoms with Gasteiger partial charge in [0, 0.05) is 24.0 Å². The molecule has 94 valence electrons. The number of aromatic nitrogens is 2. The summed E-state index contributed by atoms with van der Waals surface area (Å²) in [6.45, 7) is 4.62. The van der Waals surface area contributed by atoms with Crippen LogP contribution in [0.2, 0.25) is 0 Å². The lowest BCUT2D eigenvalue weighted by Gasteiger charge is -2.09. The van der Waals surface area contributed by atoms with E-state index >= 15 is 0 Å². The van der Waals surface area contributed by atoms with E-state index in [1.54, 1.807) is 12.1 Å². The molecule has 0 aliphatic carbocycles. The van der Waals surface area contributed by atoms with Gasteiger partial charge in [0.1, 0.15) is 11.6 Å². The summed E-state index contributed by atoms with van der Waals surface area (Å²) >= 11 is 0. The number of hydrogen-bond donors (Lipinski definition) is 2. The molecule has 0 atom stereocenters. The van der Waals surface area contributed by atoms with Crippen LogP contribution in [0.4, 0.5) is 21.8 Å². The van der Waals surface area contributed by atoms with Crippen molar-refractivity contribution in [2.24, 2.45) is 0 Å². The standard InChI is InChI=1S/C13H15FN4/c1-3-15-13-16-9(2)7-12(18-13)17-11-6-4-5-10(14)8-11/h4-8H,3H2,1-2H3,(H2,15,16,17,18). The lowest BCUT2D eigenvalue weighted by Crippen LogP contribution is -2.05. The Morgan fingerprint density at radius 2 is 2.06 bits per heavy atom. The first-order valence-corrected chi connectivity index (χ1v) is 5.79. The molecule has 0 saturated carbocycles. The van der Waals surface area contributed by atoms with Crippen LogP contribution in [0.25, 0.3) is 0 Å². The highest BCUT2D eigenvalue weighted by atomic mass is 19.1. The van der Waals surface area contributed by atoms with Crippen molar-refractivity contribution in [2.75, 3.05) is 17.2 Å². The molecule has 4 nitrogen and oxygen atoms in total. The second kappa shape index (κ2) is 5.44. The average molecular weight is 246 g/mol. The number of nitrogens with one attached hydrogen (secondary N) is 2. The Morgan fingerprint density at radius 3 is 2.78 bits per heavy atom. The topological polar surface area (TPSA) is 49.8 Å². The van der Waals surface area contributed by atoms with Gasteiger partial charge in [0.15, 0.2) is 0 Å². The number of nitrogens with zero attached hydrogens (tertiary/aromatic N) is 2. The SMILES string of the molecule is CCNc1nc(C)cc(Nc2cccc(F)c2)n1. The number of rotatable bonds is 4. The summed E-state index contributed by atoms with van der Waals surface area (Å²) in [4.78, 5) is 8.54. The number of hydrogen-bond acceptors (Lipinski definition) is 4. The van der Waals surface area contributed by atoms with Crippen LogP contribution in [0, 0.1) is 12.7 Å². The molecule has 2 rings (SSSR count). The van der Waals surface area contributed by atoms with Crippen LogP contribution in [-0.4, -0.2) is 16.5 Å². The normalized spacial score (nSPS) is 10.2. The third kappa shape index (κ3) is 3.16. The zero-order valence-electron chi connectivity index (χ0n) is 10.4. The summed E-state index contributed by atoms with van der Waals surface area (Å²) in [5, 5.41) is 6.10. The van der Waals surface area contributed by atoms with Crippen molar-refractivity contribution in [2.45, 2.75) is 13.8 Å². The monoisotopic (exact) mass is 246 g/mol. The van der Waals surface area contributed by atoms with Crippen LogP contribution < -0.4 is 10.6 Å². The van der Waals surface area contributed by atoms with Gasteiger partial charge in [0.2, 0.25) is 5.95 Å². The van der Waals surface area contributed by atoms with Gasteiger partial charge in [0.25, 0.3) is 0 Å². The Morgan fingerprint density at radius 1 is 1.22 bits per heavy atom. The minimum absolute atomic E-state index is 0.280. The fraction of sp³-hybridized carbons (Fsp3) is 0.231. The van der Waals surface area contributed by atoms with E-state index in [0.29, 0.717) is 17.5 Å². The molecule has 0 unspecified atom stereocenters. The molecule has 1 aromatic heterocycles. The summed E-state index contributed by atoms with van der Waals surface area (Å²) in [7, 11) is 0. The molecule has 2 N–H and O–H groups in total. The Labute approximate surface area is 105 Å². The average Bonchev–Trinajstić information content (AvgIpc) is 2.28. The van der Waals surface area contributed by atoms with Gasteiger partial charge in [-0.15, -0.1) is 0 Å². The van der Waals surface area contributed by atoms with Crippen LogP contribution in [0.3, 0.4) is 0 Å². The van der Waals surface area contributed by atoms with Crippen molar-refractivity contribution in [3.8, 4) is 0 Å². The minimum Gasteiger partial charge on any atom is -0.354 e. The molecule has 0 aliphatic rings. The fourth-order valence-corrected chi connectivity index (χ4v) is 1.58. The maximum Gasteiger partial charge on any atom is 0.224 e. The van der Waals surface area contributed by atoms with Crippen molar-refractivity contribution in [1.29, 1.82) is 0 Å². The van der Waals surface area contributed by atoms with Gasteiger partial charge < -0.3 is 10.6 Å². The van der Waals surface area contributed by atoms with Crippen LogP contribution in [-0.2, 0) is 0 Å². The van der Waals surface area contributed by atoms with Crippen molar-refractivity contribution >= 4 is 17.5 Å². The molecule has 1 aromatic carbocycles. The zero-order chi connectivity index (χ0) is 13.0.